The molecule has 1 heterocycles. The SMILES string of the molecule is CC#CCCC1(CCC#CC)C[C@@H](C(=O)OC)N(C(=O)OC(C)(C)C)C1OC(C)=O. The van der Waals surface area contributed by atoms with Gasteiger partial charge in [-0.05, 0) is 53.9 Å². The minimum absolute atomic E-state index is 0.271. The third kappa shape index (κ3) is 6.69. The van der Waals surface area contributed by atoms with Gasteiger partial charge in [0.25, 0.3) is 0 Å². The molecule has 2 atom stereocenters. The number of ether oxygens (including phenoxy) is 3. The van der Waals surface area contributed by atoms with E-state index in [0.717, 1.165) is 0 Å². The van der Waals surface area contributed by atoms with Crippen molar-refractivity contribution < 1.29 is 28.6 Å². The van der Waals surface area contributed by atoms with Gasteiger partial charge in [0.2, 0.25) is 0 Å². The number of rotatable bonds is 6. The van der Waals surface area contributed by atoms with Gasteiger partial charge in [-0.2, -0.15) is 0 Å². The highest BCUT2D eigenvalue weighted by Crippen LogP contribution is 2.49. The lowest BCUT2D eigenvalue weighted by molar-refractivity contribution is -0.167. The fraction of sp³-hybridized carbons (Fsp3) is 0.696. The summed E-state index contributed by atoms with van der Waals surface area (Å²) in [6, 6.07) is -0.932. The normalized spacial score (nSPS) is 19.6. The van der Waals surface area contributed by atoms with Crippen LogP contribution in [-0.2, 0) is 23.8 Å². The first-order valence-corrected chi connectivity index (χ1v) is 10.1. The van der Waals surface area contributed by atoms with E-state index in [0.29, 0.717) is 25.7 Å². The standard InChI is InChI=1S/C23H33NO6/c1-8-10-12-14-23(15-13-11-9-2)16-18(19(26)28-7)24(20(23)29-17(3)25)21(27)30-22(4,5)6/h18,20H,12-16H2,1-7H3/t18-,20?/m0/s1. The number of methoxy groups -OCH3 is 1. The van der Waals surface area contributed by atoms with Crippen LogP contribution in [0.2, 0.25) is 0 Å². The molecule has 0 spiro atoms. The van der Waals surface area contributed by atoms with Crippen molar-refractivity contribution in [2.75, 3.05) is 7.11 Å². The summed E-state index contributed by atoms with van der Waals surface area (Å²) in [5, 5.41) is 0. The zero-order chi connectivity index (χ0) is 22.9. The highest BCUT2D eigenvalue weighted by Gasteiger charge is 2.58. The van der Waals surface area contributed by atoms with E-state index in [9.17, 15) is 14.4 Å². The first kappa shape index (κ1) is 25.4. The molecule has 0 aromatic rings. The predicted molar refractivity (Wildman–Crippen MR) is 112 cm³/mol. The van der Waals surface area contributed by atoms with Gasteiger partial charge in [0.05, 0.1) is 7.11 Å². The number of esters is 2. The van der Waals surface area contributed by atoms with Crippen molar-refractivity contribution >= 4 is 18.0 Å². The van der Waals surface area contributed by atoms with Crippen molar-refractivity contribution in [3.8, 4) is 23.7 Å². The van der Waals surface area contributed by atoms with Crippen LogP contribution in [0.1, 0.15) is 73.6 Å². The van der Waals surface area contributed by atoms with E-state index in [2.05, 4.69) is 23.7 Å². The summed E-state index contributed by atoms with van der Waals surface area (Å²) in [4.78, 5) is 38.9. The van der Waals surface area contributed by atoms with Gasteiger partial charge in [0, 0.05) is 25.2 Å². The Hall–Kier alpha value is -2.67. The second-order valence-electron chi connectivity index (χ2n) is 8.31. The van der Waals surface area contributed by atoms with Crippen LogP contribution in [-0.4, -0.2) is 47.9 Å². The number of nitrogens with zero attached hydrogens (tertiary/aromatic N) is 1. The third-order valence-corrected chi connectivity index (χ3v) is 4.92. The highest BCUT2D eigenvalue weighted by atomic mass is 16.6. The summed E-state index contributed by atoms with van der Waals surface area (Å²) in [6.45, 7) is 9.97. The Kier molecular flexibility index (Phi) is 9.23. The molecule has 1 amide bonds. The molecule has 7 heteroatoms. The molecule has 1 rings (SSSR count). The first-order valence-electron chi connectivity index (χ1n) is 10.1. The van der Waals surface area contributed by atoms with Crippen molar-refractivity contribution in [1.82, 2.24) is 4.90 Å². The van der Waals surface area contributed by atoms with E-state index < -0.39 is 41.3 Å². The van der Waals surface area contributed by atoms with Crippen molar-refractivity contribution in [2.45, 2.75) is 91.5 Å². The van der Waals surface area contributed by atoms with E-state index in [4.69, 9.17) is 14.2 Å². The molecule has 0 aliphatic carbocycles. The largest absolute Gasteiger partial charge is 0.467 e. The minimum atomic E-state index is -0.980. The fourth-order valence-corrected chi connectivity index (χ4v) is 3.70. The number of hydrogen-bond acceptors (Lipinski definition) is 6. The molecule has 1 fully saturated rings. The molecule has 0 N–H and O–H groups in total. The minimum Gasteiger partial charge on any atom is -0.467 e. The van der Waals surface area contributed by atoms with Gasteiger partial charge in [0.15, 0.2) is 6.23 Å². The van der Waals surface area contributed by atoms with Crippen LogP contribution < -0.4 is 0 Å². The van der Waals surface area contributed by atoms with Crippen LogP contribution in [0, 0.1) is 29.1 Å². The predicted octanol–water partition coefficient (Wildman–Crippen LogP) is 3.65. The number of carbonyl (C=O) groups is 3. The van der Waals surface area contributed by atoms with Crippen LogP contribution in [0.5, 0.6) is 0 Å². The molecule has 1 unspecified atom stereocenters. The maximum atomic E-state index is 13.1. The topological polar surface area (TPSA) is 82.1 Å². The lowest BCUT2D eigenvalue weighted by atomic mass is 9.75. The molecule has 1 saturated heterocycles. The van der Waals surface area contributed by atoms with E-state index in [1.54, 1.807) is 34.6 Å². The molecule has 0 saturated carbocycles. The number of carbonyl (C=O) groups excluding carboxylic acids is 3. The summed E-state index contributed by atoms with van der Waals surface area (Å²) in [7, 11) is 1.27. The van der Waals surface area contributed by atoms with Crippen LogP contribution in [0.4, 0.5) is 4.79 Å². The van der Waals surface area contributed by atoms with Gasteiger partial charge >= 0.3 is 18.0 Å². The van der Waals surface area contributed by atoms with E-state index >= 15 is 0 Å². The highest BCUT2D eigenvalue weighted by molar-refractivity contribution is 5.83. The Morgan fingerprint density at radius 2 is 1.60 bits per heavy atom. The zero-order valence-corrected chi connectivity index (χ0v) is 19.1. The van der Waals surface area contributed by atoms with Crippen molar-refractivity contribution in [3.63, 3.8) is 0 Å². The summed E-state index contributed by atoms with van der Waals surface area (Å²) in [5.41, 5.74) is -1.49. The molecule has 1 aliphatic heterocycles. The van der Waals surface area contributed by atoms with E-state index in [-0.39, 0.29) is 6.42 Å². The van der Waals surface area contributed by atoms with Crippen LogP contribution in [0.25, 0.3) is 0 Å². The molecule has 30 heavy (non-hydrogen) atoms. The van der Waals surface area contributed by atoms with Crippen LogP contribution >= 0.6 is 0 Å². The second kappa shape index (κ2) is 10.9. The summed E-state index contributed by atoms with van der Waals surface area (Å²) >= 11 is 0. The fourth-order valence-electron chi connectivity index (χ4n) is 3.70. The average molecular weight is 420 g/mol. The molecule has 0 aromatic heterocycles. The summed E-state index contributed by atoms with van der Waals surface area (Å²) in [6.07, 6.45) is 0.690. The van der Waals surface area contributed by atoms with Crippen LogP contribution in [0.3, 0.4) is 0 Å². The average Bonchev–Trinajstić information content (AvgIpc) is 2.94. The quantitative estimate of drug-likeness (QED) is 0.371. The number of amides is 1. The molecular weight excluding hydrogens is 386 g/mol. The smallest absolute Gasteiger partial charge is 0.413 e. The first-order chi connectivity index (χ1) is 14.0. The molecule has 0 bridgehead atoms. The summed E-state index contributed by atoms with van der Waals surface area (Å²) < 4.78 is 16.1. The lowest BCUT2D eigenvalue weighted by Gasteiger charge is -2.37. The molecule has 1 aliphatic rings. The van der Waals surface area contributed by atoms with Crippen LogP contribution in [0.15, 0.2) is 0 Å². The lowest BCUT2D eigenvalue weighted by Crippen LogP contribution is -2.51. The molecule has 7 nitrogen and oxygen atoms in total. The van der Waals surface area contributed by atoms with Gasteiger partial charge in [-0.3, -0.25) is 9.69 Å². The van der Waals surface area contributed by atoms with E-state index in [1.165, 1.54) is 18.9 Å². The van der Waals surface area contributed by atoms with Crippen molar-refractivity contribution in [2.24, 2.45) is 5.41 Å². The maximum absolute atomic E-state index is 13.1. The van der Waals surface area contributed by atoms with Gasteiger partial charge < -0.3 is 14.2 Å². The molecule has 166 valence electrons. The molecule has 0 aromatic carbocycles. The Morgan fingerprint density at radius 3 is 2.00 bits per heavy atom. The Bertz CT molecular complexity index is 735. The van der Waals surface area contributed by atoms with Crippen molar-refractivity contribution in [1.29, 1.82) is 0 Å². The Labute approximate surface area is 179 Å². The molecular formula is C23H33NO6. The van der Waals surface area contributed by atoms with Gasteiger partial charge in [0.1, 0.15) is 11.6 Å². The van der Waals surface area contributed by atoms with Gasteiger partial charge in [-0.25, -0.2) is 9.59 Å². The maximum Gasteiger partial charge on any atom is 0.413 e. The van der Waals surface area contributed by atoms with Crippen molar-refractivity contribution in [3.05, 3.63) is 0 Å². The number of hydrogen-bond donors (Lipinski definition) is 0. The Balaban J connectivity index is 3.50. The van der Waals surface area contributed by atoms with E-state index in [1.807, 2.05) is 0 Å². The van der Waals surface area contributed by atoms with Gasteiger partial charge in [-0.1, -0.05) is 0 Å². The number of likely N-dealkylation sites (tertiary alicyclic amines) is 1. The Morgan fingerprint density at radius 1 is 1.07 bits per heavy atom. The zero-order valence-electron chi connectivity index (χ0n) is 19.1. The van der Waals surface area contributed by atoms with Gasteiger partial charge in [-0.15, -0.1) is 23.7 Å². The monoisotopic (exact) mass is 419 g/mol. The summed E-state index contributed by atoms with van der Waals surface area (Å²) in [5.74, 6) is 10.6. The molecule has 0 radical (unpaired) electrons. The third-order valence-electron chi connectivity index (χ3n) is 4.92. The second-order valence-corrected chi connectivity index (χ2v) is 8.31.